The largest absolute Gasteiger partial charge is 0.199 e. The minimum atomic E-state index is 0. The van der Waals surface area contributed by atoms with Gasteiger partial charge in [0.1, 0.15) is 0 Å². The fourth-order valence-corrected chi connectivity index (χ4v) is 0. The van der Waals surface area contributed by atoms with Crippen LogP contribution in [0.5, 0.6) is 0 Å². The first kappa shape index (κ1) is 9.75. The average molecular weight is 56.1 g/mol. The van der Waals surface area contributed by atoms with Gasteiger partial charge in [0, 0.05) is 6.92 Å². The topological polar surface area (TPSA) is 23.8 Å². The zero-order valence-electron chi connectivity index (χ0n) is 2.95. The van der Waals surface area contributed by atoms with Gasteiger partial charge in [-0.05, 0) is 0 Å². The molecule has 0 aliphatic rings. The predicted molar refractivity (Wildman–Crippen MR) is 17.7 cm³/mol. The number of nitriles is 1. The summed E-state index contributed by atoms with van der Waals surface area (Å²) in [5, 5.41) is 7.32. The summed E-state index contributed by atoms with van der Waals surface area (Å²) in [5.41, 5.74) is 0. The molecular formula is C3H6N. The summed E-state index contributed by atoms with van der Waals surface area (Å²) in [7, 11) is 0. The zero-order chi connectivity index (χ0) is 2.71. The number of rotatable bonds is 0. The monoisotopic (exact) mass is 56.1 g/mol. The summed E-state index contributed by atoms with van der Waals surface area (Å²) < 4.78 is 0. The van der Waals surface area contributed by atoms with Crippen LogP contribution in [0.25, 0.3) is 0 Å². The first-order chi connectivity index (χ1) is 1.41. The molecular weight excluding hydrogens is 50.0 g/mol. The lowest BCUT2D eigenvalue weighted by atomic mass is 11.0. The fourth-order valence-electron chi connectivity index (χ4n) is 0. The van der Waals surface area contributed by atoms with Gasteiger partial charge in [-0.2, -0.15) is 5.26 Å². The molecule has 1 radical (unpaired) electrons. The fraction of sp³-hybridized carbons (Fsp3) is 0.333. The van der Waals surface area contributed by atoms with Crippen molar-refractivity contribution in [1.82, 2.24) is 0 Å². The van der Waals surface area contributed by atoms with Crippen molar-refractivity contribution >= 4 is 0 Å². The summed E-state index contributed by atoms with van der Waals surface area (Å²) >= 11 is 0. The van der Waals surface area contributed by atoms with Crippen LogP contribution in [-0.2, 0) is 0 Å². The third kappa shape index (κ3) is 1.38. The molecule has 0 saturated carbocycles. The van der Waals surface area contributed by atoms with E-state index >= 15 is 0 Å². The van der Waals surface area contributed by atoms with E-state index in [2.05, 4.69) is 0 Å². The van der Waals surface area contributed by atoms with E-state index < -0.39 is 0 Å². The van der Waals surface area contributed by atoms with E-state index in [0.29, 0.717) is 0 Å². The Morgan fingerprint density at radius 3 is 1.75 bits per heavy atom. The number of hydrogen-bond donors (Lipinski definition) is 0. The van der Waals surface area contributed by atoms with Crippen LogP contribution in [0.2, 0.25) is 0 Å². The maximum Gasteiger partial charge on any atom is 0.0587 e. The number of nitrogens with zero attached hydrogens (tertiary/aromatic N) is 1. The Labute approximate surface area is 26.9 Å². The molecule has 4 heavy (non-hydrogen) atoms. The summed E-state index contributed by atoms with van der Waals surface area (Å²) in [5.74, 6) is 0. The highest BCUT2D eigenvalue weighted by Gasteiger charge is 1.17. The van der Waals surface area contributed by atoms with Gasteiger partial charge in [-0.1, -0.05) is 7.43 Å². The summed E-state index contributed by atoms with van der Waals surface area (Å²) in [6.45, 7) is 1.43. The normalized spacial score (nSPS) is 2.00. The molecule has 0 heterocycles. The second kappa shape index (κ2) is 23.0. The average Bonchev–Trinajstić information content (AvgIpc) is 0.918. The molecule has 0 fully saturated rings. The van der Waals surface area contributed by atoms with Crippen molar-refractivity contribution in [2.24, 2.45) is 0 Å². The van der Waals surface area contributed by atoms with Crippen LogP contribution < -0.4 is 0 Å². The van der Waals surface area contributed by atoms with Crippen molar-refractivity contribution < 1.29 is 0 Å². The van der Waals surface area contributed by atoms with Gasteiger partial charge in [0.2, 0.25) is 0 Å². The molecule has 0 atom stereocenters. The quantitative estimate of drug-likeness (QED) is 0.406. The Balaban J connectivity index is 0. The molecule has 0 aliphatic heterocycles. The lowest BCUT2D eigenvalue weighted by molar-refractivity contribution is 1.49. The van der Waals surface area contributed by atoms with Crippen molar-refractivity contribution in [3.05, 3.63) is 7.43 Å². The molecule has 0 aromatic rings. The van der Waals surface area contributed by atoms with Crippen molar-refractivity contribution in [1.29, 1.82) is 5.26 Å². The second-order valence-electron chi connectivity index (χ2n) is 0.224. The number of hydrogen-bond acceptors (Lipinski definition) is 1. The first-order valence-corrected chi connectivity index (χ1v) is 0.724. The van der Waals surface area contributed by atoms with E-state index in [9.17, 15) is 0 Å². The smallest absolute Gasteiger partial charge is 0.0587 e. The van der Waals surface area contributed by atoms with Crippen molar-refractivity contribution in [2.75, 3.05) is 0 Å². The zero-order valence-corrected chi connectivity index (χ0v) is 2.95. The van der Waals surface area contributed by atoms with E-state index in [-0.39, 0.29) is 7.43 Å². The summed E-state index contributed by atoms with van der Waals surface area (Å²) in [6.07, 6.45) is 0. The molecule has 23 valence electrons. The summed E-state index contributed by atoms with van der Waals surface area (Å²) in [6, 6.07) is 1.75. The Hall–Kier alpha value is -0.510. The Kier molecular flexibility index (Phi) is 56.1. The van der Waals surface area contributed by atoms with Crippen LogP contribution in [0.15, 0.2) is 0 Å². The minimum Gasteiger partial charge on any atom is -0.199 e. The summed E-state index contributed by atoms with van der Waals surface area (Å²) in [4.78, 5) is 0. The molecule has 0 saturated heterocycles. The van der Waals surface area contributed by atoms with Gasteiger partial charge in [-0.25, -0.2) is 0 Å². The molecule has 0 spiro atoms. The molecule has 0 unspecified atom stereocenters. The lowest BCUT2D eigenvalue weighted by Gasteiger charge is -1.15. The van der Waals surface area contributed by atoms with Crippen LogP contribution in [0, 0.1) is 18.8 Å². The molecule has 0 aromatic heterocycles. The molecule has 0 bridgehead atoms. The van der Waals surface area contributed by atoms with Gasteiger partial charge in [0.05, 0.1) is 6.07 Å². The Morgan fingerprint density at radius 2 is 1.75 bits per heavy atom. The molecule has 1 nitrogen and oxygen atoms in total. The Bertz CT molecular complexity index is 24.8. The highest BCUT2D eigenvalue weighted by atomic mass is 14.2. The van der Waals surface area contributed by atoms with E-state index in [1.54, 1.807) is 6.07 Å². The van der Waals surface area contributed by atoms with Gasteiger partial charge >= 0.3 is 0 Å². The Morgan fingerprint density at radius 1 is 1.75 bits per heavy atom. The first-order valence-electron chi connectivity index (χ1n) is 0.724. The van der Waals surface area contributed by atoms with Crippen LogP contribution in [0.1, 0.15) is 6.92 Å². The van der Waals surface area contributed by atoms with Crippen molar-refractivity contribution in [3.8, 4) is 6.07 Å². The molecule has 0 N–H and O–H groups in total. The van der Waals surface area contributed by atoms with E-state index in [0.717, 1.165) is 0 Å². The van der Waals surface area contributed by atoms with E-state index in [1.165, 1.54) is 6.92 Å². The van der Waals surface area contributed by atoms with Crippen LogP contribution in [0.4, 0.5) is 0 Å². The van der Waals surface area contributed by atoms with Crippen molar-refractivity contribution in [2.45, 2.75) is 6.92 Å². The predicted octanol–water partition coefficient (Wildman–Crippen LogP) is 0.980. The SMILES string of the molecule is CC#N.[CH3]. The third-order valence-corrected chi connectivity index (χ3v) is 0. The second-order valence-corrected chi connectivity index (χ2v) is 0.224. The van der Waals surface area contributed by atoms with E-state index in [1.807, 2.05) is 0 Å². The molecule has 0 aromatic carbocycles. The lowest BCUT2D eigenvalue weighted by Crippen LogP contribution is -1.10. The standard InChI is InChI=1S/C2H3N.CH3/c1-2-3;/h1H3;1H3. The van der Waals surface area contributed by atoms with Crippen LogP contribution >= 0.6 is 0 Å². The van der Waals surface area contributed by atoms with Gasteiger partial charge in [0.15, 0.2) is 0 Å². The van der Waals surface area contributed by atoms with Crippen molar-refractivity contribution in [3.63, 3.8) is 0 Å². The third-order valence-electron chi connectivity index (χ3n) is 0. The highest BCUT2D eigenvalue weighted by Crippen LogP contribution is 1.21. The van der Waals surface area contributed by atoms with Gasteiger partial charge in [-0.3, -0.25) is 0 Å². The highest BCUT2D eigenvalue weighted by molar-refractivity contribution is 4.51. The maximum absolute atomic E-state index is 7.32. The molecule has 0 rings (SSSR count). The van der Waals surface area contributed by atoms with Gasteiger partial charge in [-0.15, -0.1) is 0 Å². The minimum absolute atomic E-state index is 0. The molecule has 0 aliphatic carbocycles. The molecule has 0 amide bonds. The van der Waals surface area contributed by atoms with Gasteiger partial charge < -0.3 is 0 Å². The molecule has 1 heteroatoms. The maximum atomic E-state index is 7.32. The van der Waals surface area contributed by atoms with Crippen LogP contribution in [0.3, 0.4) is 0 Å². The van der Waals surface area contributed by atoms with Gasteiger partial charge in [0.25, 0.3) is 0 Å². The van der Waals surface area contributed by atoms with E-state index in [4.69, 9.17) is 5.26 Å². The van der Waals surface area contributed by atoms with Crippen LogP contribution in [-0.4, -0.2) is 0 Å².